The van der Waals surface area contributed by atoms with Gasteiger partial charge in [-0.2, -0.15) is 0 Å². The second-order valence-corrected chi connectivity index (χ2v) is 12.6. The number of ether oxygens (including phenoxy) is 2. The number of aromatic hydroxyl groups is 2. The number of phenolic OH excluding ortho intramolecular Hbond substituents is 2. The summed E-state index contributed by atoms with van der Waals surface area (Å²) in [4.78, 5) is 40.0. The second-order valence-electron chi connectivity index (χ2n) is 12.6. The molecule has 0 radical (unpaired) electrons. The fourth-order valence-electron chi connectivity index (χ4n) is 7.11. The Bertz CT molecular complexity index is 1460. The Morgan fingerprint density at radius 1 is 0.975 bits per heavy atom. The third-order valence-corrected chi connectivity index (χ3v) is 9.02. The fraction of sp³-hybridized carbons (Fsp3) is 0.485. The van der Waals surface area contributed by atoms with Gasteiger partial charge in [-0.3, -0.25) is 14.4 Å². The maximum atomic E-state index is 14.5. The monoisotopic (exact) mass is 546 g/mol. The largest absolute Gasteiger partial charge is 0.507 e. The predicted molar refractivity (Wildman–Crippen MR) is 151 cm³/mol. The molecule has 4 bridgehead atoms. The summed E-state index contributed by atoms with van der Waals surface area (Å²) in [5, 5.41) is 23.0. The highest BCUT2D eigenvalue weighted by molar-refractivity contribution is 6.18. The number of Topliss-reactive ketones (excluding diaryl/α,β-unsaturated/α-hetero) is 2. The van der Waals surface area contributed by atoms with Crippen LogP contribution in [0.1, 0.15) is 82.8 Å². The van der Waals surface area contributed by atoms with E-state index in [2.05, 4.69) is 0 Å². The van der Waals surface area contributed by atoms with Gasteiger partial charge in [0.25, 0.3) is 0 Å². The third-order valence-electron chi connectivity index (χ3n) is 9.02. The van der Waals surface area contributed by atoms with Gasteiger partial charge in [0, 0.05) is 35.0 Å². The number of hydrogen-bond acceptors (Lipinski definition) is 7. The molecule has 0 aromatic heterocycles. The quantitative estimate of drug-likeness (QED) is 0.258. The van der Waals surface area contributed by atoms with Crippen LogP contribution in [0.2, 0.25) is 0 Å². The van der Waals surface area contributed by atoms with E-state index in [1.165, 1.54) is 0 Å². The van der Waals surface area contributed by atoms with E-state index in [1.807, 2.05) is 53.7 Å². The first kappa shape index (κ1) is 28.1. The predicted octanol–water partition coefficient (Wildman–Crippen LogP) is 5.66. The first-order chi connectivity index (χ1) is 18.7. The van der Waals surface area contributed by atoms with Gasteiger partial charge in [-0.25, -0.2) is 0 Å². The van der Waals surface area contributed by atoms with Crippen molar-refractivity contribution >= 4 is 17.9 Å². The molecule has 2 fully saturated rings. The average molecular weight is 547 g/mol. The summed E-state index contributed by atoms with van der Waals surface area (Å²) in [6, 6.07) is 0. The van der Waals surface area contributed by atoms with E-state index in [9.17, 15) is 24.6 Å². The zero-order valence-electron chi connectivity index (χ0n) is 24.3. The molecule has 2 N–H and O–H groups in total. The Morgan fingerprint density at radius 2 is 1.60 bits per heavy atom. The van der Waals surface area contributed by atoms with Crippen LogP contribution in [0.25, 0.3) is 0 Å². The summed E-state index contributed by atoms with van der Waals surface area (Å²) in [6.45, 7) is 13.2. The van der Waals surface area contributed by atoms with Crippen LogP contribution in [0.15, 0.2) is 46.6 Å². The van der Waals surface area contributed by atoms with Gasteiger partial charge < -0.3 is 19.7 Å². The van der Waals surface area contributed by atoms with Crippen molar-refractivity contribution in [1.82, 2.24) is 0 Å². The van der Waals surface area contributed by atoms with Crippen molar-refractivity contribution in [2.75, 3.05) is 0 Å². The Labute approximate surface area is 235 Å². The Hall–Kier alpha value is -3.45. The molecule has 3 aliphatic carbocycles. The molecule has 5 aliphatic rings. The number of benzene rings is 1. The number of ketones is 2. The van der Waals surface area contributed by atoms with Gasteiger partial charge in [0.2, 0.25) is 0 Å². The minimum absolute atomic E-state index is 0.0101. The summed E-state index contributed by atoms with van der Waals surface area (Å²) < 4.78 is 13.6. The highest BCUT2D eigenvalue weighted by atomic mass is 16.6. The Balaban J connectivity index is 1.82. The molecule has 6 rings (SSSR count). The zero-order chi connectivity index (χ0) is 29.4. The first-order valence-corrected chi connectivity index (χ1v) is 13.9. The number of fused-ring (bicyclic) bond motifs is 1. The molecule has 1 aromatic rings. The lowest BCUT2D eigenvalue weighted by molar-refractivity contribution is -0.171. The van der Waals surface area contributed by atoms with E-state index in [0.29, 0.717) is 23.1 Å². The maximum Gasteiger partial charge on any atom is 0.200 e. The number of carbonyl (C=O) groups excluding carboxylic acids is 3. The van der Waals surface area contributed by atoms with E-state index >= 15 is 0 Å². The third kappa shape index (κ3) is 3.70. The van der Waals surface area contributed by atoms with Crippen LogP contribution < -0.4 is 4.74 Å². The van der Waals surface area contributed by atoms with Gasteiger partial charge in [0.15, 0.2) is 22.8 Å². The van der Waals surface area contributed by atoms with Gasteiger partial charge in [0.05, 0.1) is 5.60 Å². The van der Waals surface area contributed by atoms with E-state index < -0.39 is 28.5 Å². The van der Waals surface area contributed by atoms with Crippen LogP contribution in [0.4, 0.5) is 0 Å². The summed E-state index contributed by atoms with van der Waals surface area (Å²) in [7, 11) is 0. The topological polar surface area (TPSA) is 110 Å². The summed E-state index contributed by atoms with van der Waals surface area (Å²) in [6.07, 6.45) is 8.92. The molecule has 2 heterocycles. The summed E-state index contributed by atoms with van der Waals surface area (Å²) in [5.41, 5.74) is -0.386. The van der Waals surface area contributed by atoms with Gasteiger partial charge in [-0.15, -0.1) is 0 Å². The summed E-state index contributed by atoms with van der Waals surface area (Å²) >= 11 is 0. The van der Waals surface area contributed by atoms with Crippen molar-refractivity contribution in [2.45, 2.75) is 91.0 Å². The molecule has 1 spiro atoms. The molecule has 0 amide bonds. The van der Waals surface area contributed by atoms with E-state index in [4.69, 9.17) is 9.47 Å². The first-order valence-electron chi connectivity index (χ1n) is 13.9. The highest BCUT2D eigenvalue weighted by Gasteiger charge is 2.81. The Kier molecular flexibility index (Phi) is 6.53. The van der Waals surface area contributed by atoms with Crippen molar-refractivity contribution in [3.63, 3.8) is 0 Å². The molecule has 4 atom stereocenters. The number of allylic oxidation sites excluding steroid dienone is 6. The number of hydrogen-bond donors (Lipinski definition) is 2. The molecule has 2 aliphatic heterocycles. The molecule has 1 aromatic carbocycles. The van der Waals surface area contributed by atoms with Crippen molar-refractivity contribution in [2.24, 2.45) is 11.8 Å². The second kappa shape index (κ2) is 9.30. The lowest BCUT2D eigenvalue weighted by Gasteiger charge is -2.56. The van der Waals surface area contributed by atoms with E-state index in [-0.39, 0.29) is 59.3 Å². The SMILES string of the molecule is CC(C)=CCc1c(O)c(CC=C(C)C)c2c(c1O)C(=O)C1=C[C@H]3C[C@@H]4C(C)(C)O[C@](C/C=C(\C)C=O)(C3=O)[C@]14O2. The minimum Gasteiger partial charge on any atom is -0.507 e. The van der Waals surface area contributed by atoms with E-state index in [0.717, 1.165) is 17.4 Å². The Morgan fingerprint density at radius 3 is 2.20 bits per heavy atom. The van der Waals surface area contributed by atoms with Gasteiger partial charge in [-0.1, -0.05) is 35.5 Å². The minimum atomic E-state index is -1.54. The van der Waals surface area contributed by atoms with Crippen LogP contribution in [-0.2, 0) is 27.2 Å². The lowest BCUT2D eigenvalue weighted by Crippen LogP contribution is -2.72. The van der Waals surface area contributed by atoms with E-state index in [1.54, 1.807) is 19.1 Å². The van der Waals surface area contributed by atoms with Crippen LogP contribution in [0.5, 0.6) is 17.2 Å². The normalized spacial score (nSPS) is 29.3. The number of rotatable bonds is 7. The molecular formula is C33H38O7. The van der Waals surface area contributed by atoms with Crippen molar-refractivity contribution in [3.8, 4) is 17.2 Å². The standard InChI is InChI=1S/C33H38O7/c1-17(2)8-10-21-26(35)22(11-9-18(3)4)29-25(27(21)36)28(37)23-14-20-15-24-31(6,7)40-32(30(20)38,33(23,24)39-29)13-12-19(5)16-34/h8-9,12,14,16,20,24,35-36H,10-11,13,15H2,1-7H3/b19-12+/t20-,24+,32+,33-/m0/s1. The fourth-order valence-corrected chi connectivity index (χ4v) is 7.11. The molecule has 1 saturated carbocycles. The summed E-state index contributed by atoms with van der Waals surface area (Å²) in [5.74, 6) is -1.83. The molecule has 0 unspecified atom stereocenters. The van der Waals surface area contributed by atoms with Crippen molar-refractivity contribution in [3.05, 3.63) is 63.3 Å². The van der Waals surface area contributed by atoms with Crippen molar-refractivity contribution in [1.29, 1.82) is 0 Å². The lowest BCUT2D eigenvalue weighted by atomic mass is 9.51. The van der Waals surface area contributed by atoms with Gasteiger partial charge in [0.1, 0.15) is 29.1 Å². The van der Waals surface area contributed by atoms with Crippen LogP contribution in [0, 0.1) is 11.8 Å². The molecule has 1 saturated heterocycles. The average Bonchev–Trinajstić information content (AvgIpc) is 3.03. The van der Waals surface area contributed by atoms with Crippen LogP contribution in [-0.4, -0.2) is 44.9 Å². The highest BCUT2D eigenvalue weighted by Crippen LogP contribution is 2.68. The smallest absolute Gasteiger partial charge is 0.200 e. The van der Waals surface area contributed by atoms with Crippen LogP contribution >= 0.6 is 0 Å². The van der Waals surface area contributed by atoms with Crippen molar-refractivity contribution < 1.29 is 34.1 Å². The molecule has 40 heavy (non-hydrogen) atoms. The molecule has 212 valence electrons. The van der Waals surface area contributed by atoms with Crippen LogP contribution in [0.3, 0.4) is 0 Å². The molecule has 7 nitrogen and oxygen atoms in total. The maximum absolute atomic E-state index is 14.5. The number of phenols is 2. The molecule has 7 heteroatoms. The number of carbonyl (C=O) groups is 3. The zero-order valence-corrected chi connectivity index (χ0v) is 24.3. The van der Waals surface area contributed by atoms with Gasteiger partial charge in [-0.05, 0) is 73.3 Å². The molecular weight excluding hydrogens is 508 g/mol. The number of aldehydes is 1. The van der Waals surface area contributed by atoms with Gasteiger partial charge >= 0.3 is 0 Å².